The van der Waals surface area contributed by atoms with Crippen LogP contribution >= 0.6 is 0 Å². The van der Waals surface area contributed by atoms with Gasteiger partial charge in [-0.3, -0.25) is 0 Å². The van der Waals surface area contributed by atoms with Crippen molar-refractivity contribution in [3.05, 3.63) is 59.9 Å². The van der Waals surface area contributed by atoms with Crippen LogP contribution in [0.1, 0.15) is 12.8 Å². The molecule has 76 valence electrons. The van der Waals surface area contributed by atoms with Crippen molar-refractivity contribution in [3.63, 3.8) is 0 Å². The zero-order chi connectivity index (χ0) is 11.3. The van der Waals surface area contributed by atoms with Crippen LogP contribution in [0, 0.1) is 11.3 Å². The topological polar surface area (TPSA) is 44.0 Å². The monoisotopic (exact) mass is 199 g/mol. The zero-order valence-electron chi connectivity index (χ0n) is 8.53. The smallest absolute Gasteiger partial charge is 0.0985 e. The second-order valence-electron chi connectivity index (χ2n) is 3.35. The molecule has 0 heterocycles. The number of aliphatic hydroxyl groups is 1. The van der Waals surface area contributed by atoms with Crippen LogP contribution < -0.4 is 0 Å². The molecule has 0 radical (unpaired) electrons. The fourth-order valence-corrected chi connectivity index (χ4v) is 1.24. The molecular formula is C13H13NO. The SMILES string of the molecule is C=C(C#N)/C=C\C(=C)C1=CC=C(O)CC1. The van der Waals surface area contributed by atoms with Crippen LogP contribution in [-0.4, -0.2) is 5.11 Å². The third-order valence-electron chi connectivity index (χ3n) is 2.17. The summed E-state index contributed by atoms with van der Waals surface area (Å²) in [7, 11) is 0. The van der Waals surface area contributed by atoms with E-state index in [-0.39, 0.29) is 0 Å². The van der Waals surface area contributed by atoms with Gasteiger partial charge in [0.2, 0.25) is 0 Å². The van der Waals surface area contributed by atoms with E-state index in [4.69, 9.17) is 5.26 Å². The van der Waals surface area contributed by atoms with Crippen molar-refractivity contribution in [1.29, 1.82) is 5.26 Å². The highest BCUT2D eigenvalue weighted by Crippen LogP contribution is 2.22. The Labute approximate surface area is 89.9 Å². The van der Waals surface area contributed by atoms with Crippen molar-refractivity contribution < 1.29 is 5.11 Å². The highest BCUT2D eigenvalue weighted by atomic mass is 16.3. The van der Waals surface area contributed by atoms with E-state index in [0.29, 0.717) is 17.8 Å². The van der Waals surface area contributed by atoms with Gasteiger partial charge in [0, 0.05) is 12.0 Å². The lowest BCUT2D eigenvalue weighted by Gasteiger charge is -2.10. The highest BCUT2D eigenvalue weighted by molar-refractivity contribution is 5.44. The molecule has 0 aromatic carbocycles. The van der Waals surface area contributed by atoms with E-state index in [1.54, 1.807) is 18.2 Å². The molecule has 0 atom stereocenters. The minimum atomic E-state index is 0.400. The summed E-state index contributed by atoms with van der Waals surface area (Å²) in [5.74, 6) is 0.400. The van der Waals surface area contributed by atoms with Gasteiger partial charge in [0.1, 0.15) is 0 Å². The zero-order valence-corrected chi connectivity index (χ0v) is 8.53. The summed E-state index contributed by atoms with van der Waals surface area (Å²) in [5.41, 5.74) is 2.34. The minimum absolute atomic E-state index is 0.400. The fraction of sp³-hybridized carbons (Fsp3) is 0.154. The molecule has 15 heavy (non-hydrogen) atoms. The Morgan fingerprint density at radius 3 is 2.60 bits per heavy atom. The molecule has 0 unspecified atom stereocenters. The lowest BCUT2D eigenvalue weighted by molar-refractivity contribution is 0.386. The van der Waals surface area contributed by atoms with Crippen molar-refractivity contribution >= 4 is 0 Å². The standard InChI is InChI=1S/C13H13NO/c1-10(9-14)3-4-11(2)12-5-7-13(15)8-6-12/h3-5,7,15H,1-2,6,8H2/b4-3-. The summed E-state index contributed by atoms with van der Waals surface area (Å²) in [6.07, 6.45) is 8.37. The Morgan fingerprint density at radius 1 is 1.33 bits per heavy atom. The third-order valence-corrected chi connectivity index (χ3v) is 2.17. The molecule has 0 aromatic rings. The number of nitriles is 1. The van der Waals surface area contributed by atoms with E-state index < -0.39 is 0 Å². The Bertz CT molecular complexity index is 416. The van der Waals surface area contributed by atoms with E-state index >= 15 is 0 Å². The van der Waals surface area contributed by atoms with E-state index in [1.807, 2.05) is 12.1 Å². The maximum absolute atomic E-state index is 9.18. The summed E-state index contributed by atoms with van der Waals surface area (Å²) in [4.78, 5) is 0. The first kappa shape index (κ1) is 11.1. The molecule has 2 heteroatoms. The number of hydrogen-bond donors (Lipinski definition) is 1. The number of aliphatic hydroxyl groups excluding tert-OH is 1. The van der Waals surface area contributed by atoms with Crippen LogP contribution in [0.5, 0.6) is 0 Å². The van der Waals surface area contributed by atoms with E-state index in [2.05, 4.69) is 13.2 Å². The minimum Gasteiger partial charge on any atom is -0.512 e. The average Bonchev–Trinajstić information content (AvgIpc) is 2.26. The van der Waals surface area contributed by atoms with E-state index in [0.717, 1.165) is 17.6 Å². The summed E-state index contributed by atoms with van der Waals surface area (Å²) in [6, 6.07) is 1.94. The Hall–Kier alpha value is -2.01. The van der Waals surface area contributed by atoms with Crippen LogP contribution in [0.15, 0.2) is 59.9 Å². The maximum atomic E-state index is 9.18. The number of rotatable bonds is 3. The summed E-state index contributed by atoms with van der Waals surface area (Å²) >= 11 is 0. The molecule has 0 fully saturated rings. The van der Waals surface area contributed by atoms with Crippen LogP contribution in [0.3, 0.4) is 0 Å². The molecule has 0 spiro atoms. The first-order valence-corrected chi connectivity index (χ1v) is 4.68. The Kier molecular flexibility index (Phi) is 3.70. The number of nitrogens with zero attached hydrogens (tertiary/aromatic N) is 1. The largest absolute Gasteiger partial charge is 0.512 e. The summed E-state index contributed by atoms with van der Waals surface area (Å²) in [5, 5.41) is 17.7. The van der Waals surface area contributed by atoms with Gasteiger partial charge in [-0.1, -0.05) is 25.3 Å². The highest BCUT2D eigenvalue weighted by Gasteiger charge is 2.05. The van der Waals surface area contributed by atoms with E-state index in [9.17, 15) is 5.11 Å². The Morgan fingerprint density at radius 2 is 2.07 bits per heavy atom. The Balaban J connectivity index is 2.68. The molecule has 1 rings (SSSR count). The third kappa shape index (κ3) is 3.32. The van der Waals surface area contributed by atoms with Gasteiger partial charge in [-0.15, -0.1) is 0 Å². The van der Waals surface area contributed by atoms with Gasteiger partial charge in [-0.2, -0.15) is 5.26 Å². The summed E-state index contributed by atoms with van der Waals surface area (Å²) in [6.45, 7) is 7.44. The number of allylic oxidation sites excluding steroid dienone is 8. The lowest BCUT2D eigenvalue weighted by Crippen LogP contribution is -1.93. The second kappa shape index (κ2) is 5.02. The van der Waals surface area contributed by atoms with Gasteiger partial charge in [-0.05, 0) is 29.7 Å². The van der Waals surface area contributed by atoms with Gasteiger partial charge in [0.05, 0.1) is 11.8 Å². The lowest BCUT2D eigenvalue weighted by atomic mass is 9.97. The molecule has 1 aliphatic carbocycles. The fourth-order valence-electron chi connectivity index (χ4n) is 1.24. The molecular weight excluding hydrogens is 186 g/mol. The number of hydrogen-bond acceptors (Lipinski definition) is 2. The molecule has 0 amide bonds. The van der Waals surface area contributed by atoms with Crippen LogP contribution in [-0.2, 0) is 0 Å². The first-order chi connectivity index (χ1) is 7.13. The van der Waals surface area contributed by atoms with Crippen LogP contribution in [0.2, 0.25) is 0 Å². The quantitative estimate of drug-likeness (QED) is 0.559. The van der Waals surface area contributed by atoms with Gasteiger partial charge >= 0.3 is 0 Å². The molecule has 0 saturated heterocycles. The van der Waals surface area contributed by atoms with Gasteiger partial charge in [-0.25, -0.2) is 0 Å². The predicted molar refractivity (Wildman–Crippen MR) is 61.1 cm³/mol. The van der Waals surface area contributed by atoms with Gasteiger partial charge < -0.3 is 5.11 Å². The first-order valence-electron chi connectivity index (χ1n) is 4.68. The predicted octanol–water partition coefficient (Wildman–Crippen LogP) is 3.34. The van der Waals surface area contributed by atoms with Gasteiger partial charge in [0.15, 0.2) is 0 Å². The van der Waals surface area contributed by atoms with Gasteiger partial charge in [0.25, 0.3) is 0 Å². The molecule has 0 bridgehead atoms. The van der Waals surface area contributed by atoms with Crippen molar-refractivity contribution in [2.45, 2.75) is 12.8 Å². The maximum Gasteiger partial charge on any atom is 0.0985 e. The van der Waals surface area contributed by atoms with Crippen molar-refractivity contribution in [1.82, 2.24) is 0 Å². The van der Waals surface area contributed by atoms with Crippen LogP contribution in [0.25, 0.3) is 0 Å². The van der Waals surface area contributed by atoms with Crippen molar-refractivity contribution in [2.75, 3.05) is 0 Å². The molecule has 0 saturated carbocycles. The average molecular weight is 199 g/mol. The van der Waals surface area contributed by atoms with E-state index in [1.165, 1.54) is 0 Å². The van der Waals surface area contributed by atoms with Crippen LogP contribution in [0.4, 0.5) is 0 Å². The van der Waals surface area contributed by atoms with Crippen molar-refractivity contribution in [2.24, 2.45) is 0 Å². The summed E-state index contributed by atoms with van der Waals surface area (Å²) < 4.78 is 0. The molecule has 2 nitrogen and oxygen atoms in total. The normalized spacial score (nSPS) is 15.4. The molecule has 1 aliphatic rings. The molecule has 0 aliphatic heterocycles. The van der Waals surface area contributed by atoms with Crippen molar-refractivity contribution in [3.8, 4) is 6.07 Å². The molecule has 0 aromatic heterocycles. The molecule has 1 N–H and O–H groups in total. The second-order valence-corrected chi connectivity index (χ2v) is 3.35.